The number of amides is 3. The molecule has 1 atom stereocenters. The Bertz CT molecular complexity index is 631. The third-order valence-electron chi connectivity index (χ3n) is 3.56. The van der Waals surface area contributed by atoms with Gasteiger partial charge in [0.2, 0.25) is 11.8 Å². The molecule has 0 saturated carbocycles. The molecule has 1 aromatic carbocycles. The fraction of sp³-hybridized carbons (Fsp3) is 0.333. The standard InChI is InChI=1S/C15H15N3O3/c1-15(2)14(21)17-12(19)9-18(15)13(20)11(8-16)10-6-4-3-5-7-10/h3-7,11H,9H2,1-2H3,(H,17,19,21). The molecular weight excluding hydrogens is 270 g/mol. The first-order valence-corrected chi connectivity index (χ1v) is 6.48. The van der Waals surface area contributed by atoms with Crippen molar-refractivity contribution in [2.45, 2.75) is 25.3 Å². The van der Waals surface area contributed by atoms with Gasteiger partial charge < -0.3 is 4.90 Å². The SMILES string of the molecule is CC1(C)C(=O)NC(=O)CN1C(=O)C(C#N)c1ccccc1. The summed E-state index contributed by atoms with van der Waals surface area (Å²) in [4.78, 5) is 37.2. The van der Waals surface area contributed by atoms with E-state index >= 15 is 0 Å². The van der Waals surface area contributed by atoms with Crippen molar-refractivity contribution in [3.05, 3.63) is 35.9 Å². The number of nitrogens with zero attached hydrogens (tertiary/aromatic N) is 2. The number of hydrogen-bond donors (Lipinski definition) is 1. The number of imide groups is 1. The van der Waals surface area contributed by atoms with Crippen LogP contribution in [0, 0.1) is 11.3 Å². The Balaban J connectivity index is 2.35. The van der Waals surface area contributed by atoms with Crippen LogP contribution in [-0.2, 0) is 14.4 Å². The summed E-state index contributed by atoms with van der Waals surface area (Å²) in [5.41, 5.74) is -0.631. The molecule has 0 spiro atoms. The summed E-state index contributed by atoms with van der Waals surface area (Å²) in [6, 6.07) is 10.5. The molecule has 21 heavy (non-hydrogen) atoms. The lowest BCUT2D eigenvalue weighted by Gasteiger charge is -2.40. The minimum Gasteiger partial charge on any atom is -0.318 e. The third kappa shape index (κ3) is 2.63. The van der Waals surface area contributed by atoms with Crippen LogP contribution < -0.4 is 5.32 Å². The van der Waals surface area contributed by atoms with Crippen LogP contribution in [0.15, 0.2) is 30.3 Å². The molecule has 0 radical (unpaired) electrons. The monoisotopic (exact) mass is 285 g/mol. The van der Waals surface area contributed by atoms with Crippen molar-refractivity contribution < 1.29 is 14.4 Å². The van der Waals surface area contributed by atoms with Crippen molar-refractivity contribution in [3.63, 3.8) is 0 Å². The van der Waals surface area contributed by atoms with Crippen molar-refractivity contribution in [3.8, 4) is 6.07 Å². The lowest BCUT2D eigenvalue weighted by molar-refractivity contribution is -0.155. The number of carbonyl (C=O) groups is 3. The fourth-order valence-electron chi connectivity index (χ4n) is 2.21. The summed E-state index contributed by atoms with van der Waals surface area (Å²) in [5.74, 6) is -2.67. The van der Waals surface area contributed by atoms with Gasteiger partial charge in [-0.3, -0.25) is 19.7 Å². The molecule has 0 aromatic heterocycles. The summed E-state index contributed by atoms with van der Waals surface area (Å²) >= 11 is 0. The first-order chi connectivity index (χ1) is 9.87. The Kier molecular flexibility index (Phi) is 3.76. The molecule has 1 saturated heterocycles. The maximum absolute atomic E-state index is 12.6. The van der Waals surface area contributed by atoms with Gasteiger partial charge in [-0.05, 0) is 19.4 Å². The molecule has 1 N–H and O–H groups in total. The third-order valence-corrected chi connectivity index (χ3v) is 3.56. The summed E-state index contributed by atoms with van der Waals surface area (Å²) < 4.78 is 0. The number of carbonyl (C=O) groups excluding carboxylic acids is 3. The molecule has 1 aliphatic rings. The molecule has 0 bridgehead atoms. The molecular formula is C15H15N3O3. The average molecular weight is 285 g/mol. The average Bonchev–Trinajstić information content (AvgIpc) is 2.45. The summed E-state index contributed by atoms with van der Waals surface area (Å²) in [7, 11) is 0. The number of nitriles is 1. The molecule has 3 amide bonds. The number of benzene rings is 1. The fourth-order valence-corrected chi connectivity index (χ4v) is 2.21. The van der Waals surface area contributed by atoms with E-state index in [9.17, 15) is 19.6 Å². The Morgan fingerprint density at radius 3 is 2.52 bits per heavy atom. The highest BCUT2D eigenvalue weighted by molar-refractivity contribution is 6.07. The molecule has 6 nitrogen and oxygen atoms in total. The van der Waals surface area contributed by atoms with E-state index in [0.717, 1.165) is 4.90 Å². The Morgan fingerprint density at radius 2 is 1.95 bits per heavy atom. The van der Waals surface area contributed by atoms with Gasteiger partial charge >= 0.3 is 0 Å². The topological polar surface area (TPSA) is 90.3 Å². The predicted molar refractivity (Wildman–Crippen MR) is 73.7 cm³/mol. The van der Waals surface area contributed by atoms with E-state index in [2.05, 4.69) is 5.32 Å². The summed E-state index contributed by atoms with van der Waals surface area (Å²) in [5, 5.41) is 11.5. The molecule has 2 rings (SSSR count). The van der Waals surface area contributed by atoms with Crippen LogP contribution >= 0.6 is 0 Å². The lowest BCUT2D eigenvalue weighted by atomic mass is 9.93. The first-order valence-electron chi connectivity index (χ1n) is 6.48. The van der Waals surface area contributed by atoms with E-state index in [-0.39, 0.29) is 6.54 Å². The Labute approximate surface area is 122 Å². The van der Waals surface area contributed by atoms with Gasteiger partial charge in [0, 0.05) is 0 Å². The van der Waals surface area contributed by atoms with Crippen LogP contribution in [0.2, 0.25) is 0 Å². The first kappa shape index (κ1) is 14.7. The lowest BCUT2D eigenvalue weighted by Crippen LogP contribution is -2.66. The van der Waals surface area contributed by atoms with Gasteiger partial charge in [0.25, 0.3) is 5.91 Å². The van der Waals surface area contributed by atoms with E-state index in [1.165, 1.54) is 0 Å². The van der Waals surface area contributed by atoms with Gasteiger partial charge in [0.1, 0.15) is 18.0 Å². The van der Waals surface area contributed by atoms with Gasteiger partial charge in [0.05, 0.1) is 6.07 Å². The molecule has 1 unspecified atom stereocenters. The highest BCUT2D eigenvalue weighted by atomic mass is 16.2. The van der Waals surface area contributed by atoms with Gasteiger partial charge in [-0.1, -0.05) is 30.3 Å². The normalized spacial score (nSPS) is 18.6. The highest BCUT2D eigenvalue weighted by Gasteiger charge is 2.45. The second-order valence-electron chi connectivity index (χ2n) is 5.33. The maximum Gasteiger partial charge on any atom is 0.252 e. The van der Waals surface area contributed by atoms with Gasteiger partial charge in [-0.25, -0.2) is 0 Å². The second kappa shape index (κ2) is 5.37. The zero-order chi connectivity index (χ0) is 15.6. The molecule has 1 fully saturated rings. The number of nitrogens with one attached hydrogen (secondary N) is 1. The van der Waals surface area contributed by atoms with Gasteiger partial charge in [0.15, 0.2) is 0 Å². The number of hydrogen-bond acceptors (Lipinski definition) is 4. The quantitative estimate of drug-likeness (QED) is 0.804. The molecule has 1 heterocycles. The molecule has 1 aliphatic heterocycles. The Morgan fingerprint density at radius 1 is 1.33 bits per heavy atom. The van der Waals surface area contributed by atoms with E-state index < -0.39 is 29.2 Å². The number of piperazine rings is 1. The summed E-state index contributed by atoms with van der Waals surface area (Å²) in [6.07, 6.45) is 0. The van der Waals surface area contributed by atoms with Crippen molar-refractivity contribution in [2.75, 3.05) is 6.54 Å². The smallest absolute Gasteiger partial charge is 0.252 e. The summed E-state index contributed by atoms with van der Waals surface area (Å²) in [6.45, 7) is 2.86. The van der Waals surface area contributed by atoms with Crippen LogP contribution in [0.5, 0.6) is 0 Å². The minimum atomic E-state index is -1.17. The second-order valence-corrected chi connectivity index (χ2v) is 5.33. The van der Waals surface area contributed by atoms with Crippen molar-refractivity contribution >= 4 is 17.7 Å². The molecule has 0 aliphatic carbocycles. The van der Waals surface area contributed by atoms with Crippen LogP contribution in [-0.4, -0.2) is 34.7 Å². The molecule has 1 aromatic rings. The number of rotatable bonds is 2. The highest BCUT2D eigenvalue weighted by Crippen LogP contribution is 2.25. The largest absolute Gasteiger partial charge is 0.318 e. The van der Waals surface area contributed by atoms with Crippen LogP contribution in [0.1, 0.15) is 25.3 Å². The van der Waals surface area contributed by atoms with Crippen molar-refractivity contribution in [2.24, 2.45) is 0 Å². The van der Waals surface area contributed by atoms with E-state index in [1.54, 1.807) is 44.2 Å². The molecule has 6 heteroatoms. The van der Waals surface area contributed by atoms with Gasteiger partial charge in [-0.15, -0.1) is 0 Å². The minimum absolute atomic E-state index is 0.234. The van der Waals surface area contributed by atoms with Crippen LogP contribution in [0.4, 0.5) is 0 Å². The van der Waals surface area contributed by atoms with Crippen molar-refractivity contribution in [1.82, 2.24) is 10.2 Å². The van der Waals surface area contributed by atoms with Crippen molar-refractivity contribution in [1.29, 1.82) is 5.26 Å². The van der Waals surface area contributed by atoms with Gasteiger partial charge in [-0.2, -0.15) is 5.26 Å². The maximum atomic E-state index is 12.6. The van der Waals surface area contributed by atoms with Crippen LogP contribution in [0.3, 0.4) is 0 Å². The Hall–Kier alpha value is -2.68. The zero-order valence-corrected chi connectivity index (χ0v) is 11.8. The predicted octanol–water partition coefficient (Wildman–Crippen LogP) is 0.557. The van der Waals surface area contributed by atoms with Crippen LogP contribution in [0.25, 0.3) is 0 Å². The zero-order valence-electron chi connectivity index (χ0n) is 11.8. The molecule has 108 valence electrons. The van der Waals surface area contributed by atoms with E-state index in [0.29, 0.717) is 5.56 Å². The van der Waals surface area contributed by atoms with E-state index in [4.69, 9.17) is 0 Å². The van der Waals surface area contributed by atoms with E-state index in [1.807, 2.05) is 6.07 Å².